The highest BCUT2D eigenvalue weighted by Gasteiger charge is 2.19. The van der Waals surface area contributed by atoms with Crippen LogP contribution in [0.1, 0.15) is 25.3 Å². The van der Waals surface area contributed by atoms with Crippen LogP contribution in [0.5, 0.6) is 0 Å². The molecule has 6 nitrogen and oxygen atoms in total. The fraction of sp³-hybridized carbons (Fsp3) is 0.400. The lowest BCUT2D eigenvalue weighted by Gasteiger charge is -2.15. The molecule has 0 aliphatic carbocycles. The maximum atomic E-state index is 13.1. The van der Waals surface area contributed by atoms with Gasteiger partial charge in [0.2, 0.25) is 11.8 Å². The van der Waals surface area contributed by atoms with E-state index in [-0.39, 0.29) is 25.9 Å². The number of carbonyl (C=O) groups excluding carboxylic acids is 3. The number of nitrogens with two attached hydrogens (primary N) is 1. The Bertz CT molecular complexity index is 548. The second kappa shape index (κ2) is 8.76. The Balaban J connectivity index is 2.55. The number of hydrogen-bond donors (Lipinski definition) is 2. The van der Waals surface area contributed by atoms with E-state index in [1.807, 2.05) is 0 Å². The Morgan fingerprint density at radius 1 is 1.32 bits per heavy atom. The Hall–Kier alpha value is -2.44. The summed E-state index contributed by atoms with van der Waals surface area (Å²) < 4.78 is 17.8. The molecule has 0 fully saturated rings. The number of primary amides is 1. The molecule has 1 aromatic carbocycles. The molecule has 1 atom stereocenters. The van der Waals surface area contributed by atoms with Crippen molar-refractivity contribution in [1.29, 1.82) is 0 Å². The summed E-state index contributed by atoms with van der Waals surface area (Å²) in [4.78, 5) is 34.3. The summed E-state index contributed by atoms with van der Waals surface area (Å²) in [6.45, 7) is 1.91. The standard InChI is InChI=1S/C15H19FN2O4/c1-2-22-14(20)7-6-13(19)18-12(15(17)21)9-10-4-3-5-11(16)8-10/h3-5,8,12H,2,6-7,9H2,1H3,(H2,17,21)(H,18,19)/t12-/m0/s1. The number of esters is 1. The molecule has 7 heteroatoms. The van der Waals surface area contributed by atoms with Gasteiger partial charge in [-0.1, -0.05) is 12.1 Å². The molecule has 0 spiro atoms. The maximum absolute atomic E-state index is 13.1. The first-order valence-electron chi connectivity index (χ1n) is 6.91. The molecule has 0 saturated carbocycles. The van der Waals surface area contributed by atoms with Gasteiger partial charge < -0.3 is 15.8 Å². The number of hydrogen-bond acceptors (Lipinski definition) is 4. The highest BCUT2D eigenvalue weighted by molar-refractivity contribution is 5.88. The molecule has 1 aromatic rings. The molecule has 3 N–H and O–H groups in total. The molecule has 0 radical (unpaired) electrons. The summed E-state index contributed by atoms with van der Waals surface area (Å²) in [5.41, 5.74) is 5.77. The van der Waals surface area contributed by atoms with E-state index < -0.39 is 29.6 Å². The molecule has 0 aliphatic heterocycles. The molecule has 0 heterocycles. The van der Waals surface area contributed by atoms with Gasteiger partial charge in [-0.05, 0) is 24.6 Å². The van der Waals surface area contributed by atoms with Crippen LogP contribution in [0.25, 0.3) is 0 Å². The van der Waals surface area contributed by atoms with Crippen LogP contribution in [-0.2, 0) is 25.5 Å². The third-order valence-corrected chi connectivity index (χ3v) is 2.87. The van der Waals surface area contributed by atoms with Gasteiger partial charge in [-0.15, -0.1) is 0 Å². The number of halogens is 1. The monoisotopic (exact) mass is 310 g/mol. The Morgan fingerprint density at radius 2 is 2.05 bits per heavy atom. The SMILES string of the molecule is CCOC(=O)CCC(=O)N[C@@H](Cc1cccc(F)c1)C(N)=O. The van der Waals surface area contributed by atoms with E-state index in [0.717, 1.165) is 0 Å². The molecule has 0 bridgehead atoms. The average Bonchev–Trinajstić information content (AvgIpc) is 2.45. The van der Waals surface area contributed by atoms with Crippen molar-refractivity contribution in [1.82, 2.24) is 5.32 Å². The van der Waals surface area contributed by atoms with Crippen molar-refractivity contribution in [2.24, 2.45) is 5.73 Å². The van der Waals surface area contributed by atoms with Gasteiger partial charge in [0.05, 0.1) is 13.0 Å². The number of benzene rings is 1. The van der Waals surface area contributed by atoms with Crippen LogP contribution < -0.4 is 11.1 Å². The molecule has 2 amide bonds. The minimum atomic E-state index is -0.962. The van der Waals surface area contributed by atoms with E-state index in [1.54, 1.807) is 13.0 Å². The van der Waals surface area contributed by atoms with Crippen molar-refractivity contribution < 1.29 is 23.5 Å². The molecule has 0 aromatic heterocycles. The van der Waals surface area contributed by atoms with Crippen LogP contribution in [0.15, 0.2) is 24.3 Å². The van der Waals surface area contributed by atoms with Crippen LogP contribution in [-0.4, -0.2) is 30.4 Å². The van der Waals surface area contributed by atoms with E-state index in [2.05, 4.69) is 5.32 Å². The Kier molecular flexibility index (Phi) is 7.01. The van der Waals surface area contributed by atoms with Gasteiger partial charge in [-0.25, -0.2) is 4.39 Å². The second-order valence-electron chi connectivity index (χ2n) is 4.66. The van der Waals surface area contributed by atoms with E-state index >= 15 is 0 Å². The van der Waals surface area contributed by atoms with E-state index in [1.165, 1.54) is 18.2 Å². The van der Waals surface area contributed by atoms with E-state index in [4.69, 9.17) is 10.5 Å². The zero-order valence-electron chi connectivity index (χ0n) is 12.3. The zero-order chi connectivity index (χ0) is 16.5. The zero-order valence-corrected chi connectivity index (χ0v) is 12.3. The third-order valence-electron chi connectivity index (χ3n) is 2.87. The maximum Gasteiger partial charge on any atom is 0.306 e. The molecule has 1 rings (SSSR count). The van der Waals surface area contributed by atoms with E-state index in [0.29, 0.717) is 5.56 Å². The number of rotatable bonds is 8. The van der Waals surface area contributed by atoms with Crippen molar-refractivity contribution in [2.75, 3.05) is 6.61 Å². The fourth-order valence-corrected chi connectivity index (χ4v) is 1.84. The van der Waals surface area contributed by atoms with Crippen molar-refractivity contribution in [3.63, 3.8) is 0 Å². The van der Waals surface area contributed by atoms with Crippen LogP contribution in [0.2, 0.25) is 0 Å². The van der Waals surface area contributed by atoms with Crippen LogP contribution in [0, 0.1) is 5.82 Å². The quantitative estimate of drug-likeness (QED) is 0.690. The van der Waals surface area contributed by atoms with Gasteiger partial charge in [0.1, 0.15) is 11.9 Å². The topological polar surface area (TPSA) is 98.5 Å². The molecular formula is C15H19FN2O4. The van der Waals surface area contributed by atoms with Crippen molar-refractivity contribution in [3.8, 4) is 0 Å². The first kappa shape index (κ1) is 17.6. The van der Waals surface area contributed by atoms with Gasteiger partial charge in [-0.3, -0.25) is 14.4 Å². The van der Waals surface area contributed by atoms with Crippen molar-refractivity contribution in [3.05, 3.63) is 35.6 Å². The number of carbonyl (C=O) groups is 3. The fourth-order valence-electron chi connectivity index (χ4n) is 1.84. The lowest BCUT2D eigenvalue weighted by molar-refractivity contribution is -0.144. The summed E-state index contributed by atoms with van der Waals surface area (Å²) in [5.74, 6) is -2.14. The highest BCUT2D eigenvalue weighted by Crippen LogP contribution is 2.07. The lowest BCUT2D eigenvalue weighted by Crippen LogP contribution is -2.45. The Labute approximate surface area is 127 Å². The summed E-state index contributed by atoms with van der Waals surface area (Å²) in [7, 11) is 0. The molecule has 120 valence electrons. The van der Waals surface area contributed by atoms with Gasteiger partial charge in [0, 0.05) is 12.8 Å². The summed E-state index contributed by atoms with van der Waals surface area (Å²) >= 11 is 0. The van der Waals surface area contributed by atoms with E-state index in [9.17, 15) is 18.8 Å². The van der Waals surface area contributed by atoms with Crippen LogP contribution in [0.4, 0.5) is 4.39 Å². The predicted octanol–water partition coefficient (Wildman–Crippen LogP) is 0.682. The minimum Gasteiger partial charge on any atom is -0.466 e. The summed E-state index contributed by atoms with van der Waals surface area (Å²) in [6, 6.07) is 4.72. The highest BCUT2D eigenvalue weighted by atomic mass is 19.1. The first-order valence-corrected chi connectivity index (χ1v) is 6.91. The first-order chi connectivity index (χ1) is 10.4. The second-order valence-corrected chi connectivity index (χ2v) is 4.66. The van der Waals surface area contributed by atoms with Gasteiger partial charge >= 0.3 is 5.97 Å². The molecule has 22 heavy (non-hydrogen) atoms. The molecule has 0 unspecified atom stereocenters. The Morgan fingerprint density at radius 3 is 2.64 bits per heavy atom. The summed E-state index contributed by atoms with van der Waals surface area (Å²) in [5, 5.41) is 2.44. The van der Waals surface area contributed by atoms with Gasteiger partial charge in [0.15, 0.2) is 0 Å². The number of nitrogens with one attached hydrogen (secondary N) is 1. The molecule has 0 aliphatic rings. The molecular weight excluding hydrogens is 291 g/mol. The molecule has 0 saturated heterocycles. The van der Waals surface area contributed by atoms with Crippen molar-refractivity contribution >= 4 is 17.8 Å². The summed E-state index contributed by atoms with van der Waals surface area (Å²) in [6.07, 6.45) is -0.102. The normalized spacial score (nSPS) is 11.5. The smallest absolute Gasteiger partial charge is 0.306 e. The third kappa shape index (κ3) is 6.34. The van der Waals surface area contributed by atoms with Gasteiger partial charge in [-0.2, -0.15) is 0 Å². The van der Waals surface area contributed by atoms with Crippen LogP contribution in [0.3, 0.4) is 0 Å². The average molecular weight is 310 g/mol. The number of ether oxygens (including phenoxy) is 1. The van der Waals surface area contributed by atoms with Crippen molar-refractivity contribution in [2.45, 2.75) is 32.2 Å². The number of amides is 2. The largest absolute Gasteiger partial charge is 0.466 e. The minimum absolute atomic E-state index is 0.0783. The van der Waals surface area contributed by atoms with Crippen LogP contribution >= 0.6 is 0 Å². The van der Waals surface area contributed by atoms with Gasteiger partial charge in [0.25, 0.3) is 0 Å². The predicted molar refractivity (Wildman–Crippen MR) is 77.1 cm³/mol. The lowest BCUT2D eigenvalue weighted by atomic mass is 10.0.